The first-order chi connectivity index (χ1) is 10.0. The van der Waals surface area contributed by atoms with Gasteiger partial charge in [-0.15, -0.1) is 0 Å². The lowest BCUT2D eigenvalue weighted by molar-refractivity contribution is -0.141. The molecule has 1 unspecified atom stereocenters. The Balaban J connectivity index is 2.37. The zero-order valence-electron chi connectivity index (χ0n) is 12.6. The van der Waals surface area contributed by atoms with E-state index in [1.165, 1.54) is 7.11 Å². The van der Waals surface area contributed by atoms with Crippen LogP contribution in [-0.2, 0) is 9.53 Å². The summed E-state index contributed by atoms with van der Waals surface area (Å²) in [5.41, 5.74) is 8.13. The molecule has 112 valence electrons. The number of nitrogens with zero attached hydrogens (tertiary/aromatic N) is 1. The molecule has 1 aromatic heterocycles. The number of ether oxygens (including phenoxy) is 1. The number of nitrogen functional groups attached to an aromatic ring is 1. The van der Waals surface area contributed by atoms with Crippen molar-refractivity contribution in [2.45, 2.75) is 26.3 Å². The Bertz CT molecular complexity index is 640. The van der Waals surface area contributed by atoms with Gasteiger partial charge in [0.15, 0.2) is 0 Å². The molecule has 0 bridgehead atoms. The van der Waals surface area contributed by atoms with Crippen molar-refractivity contribution in [2.75, 3.05) is 18.2 Å². The van der Waals surface area contributed by atoms with E-state index in [1.807, 2.05) is 18.2 Å². The Morgan fingerprint density at radius 3 is 2.81 bits per heavy atom. The molecular weight excluding hydrogens is 266 g/mol. The highest BCUT2D eigenvalue weighted by atomic mass is 16.5. The third-order valence-electron chi connectivity index (χ3n) is 3.32. The van der Waals surface area contributed by atoms with Gasteiger partial charge in [0.1, 0.15) is 6.04 Å². The second-order valence-electron chi connectivity index (χ2n) is 5.45. The van der Waals surface area contributed by atoms with Gasteiger partial charge in [-0.3, -0.25) is 4.98 Å². The summed E-state index contributed by atoms with van der Waals surface area (Å²) in [5.74, 6) is 0.109. The standard InChI is InChI=1S/C16H21N3O2/c1-10(2)9-14(16(20)21-3)19-13-7-6-12(17)15-11(13)5-4-8-18-15/h4-8,10,14,19H,9,17H2,1-3H3. The lowest BCUT2D eigenvalue weighted by Gasteiger charge is -2.20. The number of fused-ring (bicyclic) bond motifs is 1. The van der Waals surface area contributed by atoms with Gasteiger partial charge in [-0.25, -0.2) is 4.79 Å². The van der Waals surface area contributed by atoms with E-state index in [1.54, 1.807) is 12.3 Å². The zero-order chi connectivity index (χ0) is 15.4. The Morgan fingerprint density at radius 1 is 1.38 bits per heavy atom. The SMILES string of the molecule is COC(=O)C(CC(C)C)Nc1ccc(N)c2ncccc12. The molecule has 0 saturated carbocycles. The third-order valence-corrected chi connectivity index (χ3v) is 3.32. The van der Waals surface area contributed by atoms with Gasteiger partial charge < -0.3 is 15.8 Å². The van der Waals surface area contributed by atoms with Crippen molar-refractivity contribution in [3.05, 3.63) is 30.5 Å². The second kappa shape index (κ2) is 6.43. The smallest absolute Gasteiger partial charge is 0.328 e. The minimum Gasteiger partial charge on any atom is -0.467 e. The van der Waals surface area contributed by atoms with Crippen LogP contribution in [0.3, 0.4) is 0 Å². The number of benzene rings is 1. The van der Waals surface area contributed by atoms with E-state index in [0.717, 1.165) is 16.6 Å². The molecule has 0 aliphatic heterocycles. The van der Waals surface area contributed by atoms with Crippen molar-refractivity contribution in [2.24, 2.45) is 5.92 Å². The fourth-order valence-corrected chi connectivity index (χ4v) is 2.34. The van der Waals surface area contributed by atoms with Crippen molar-refractivity contribution < 1.29 is 9.53 Å². The van der Waals surface area contributed by atoms with Crippen molar-refractivity contribution >= 4 is 28.2 Å². The predicted molar refractivity (Wildman–Crippen MR) is 85.0 cm³/mol. The summed E-state index contributed by atoms with van der Waals surface area (Å²) in [4.78, 5) is 16.2. The number of esters is 1. The largest absolute Gasteiger partial charge is 0.467 e. The Morgan fingerprint density at radius 2 is 2.14 bits per heavy atom. The van der Waals surface area contributed by atoms with Crippen LogP contribution in [-0.4, -0.2) is 24.1 Å². The molecule has 0 saturated heterocycles. The first kappa shape index (κ1) is 15.1. The first-order valence-corrected chi connectivity index (χ1v) is 7.00. The summed E-state index contributed by atoms with van der Waals surface area (Å²) in [7, 11) is 1.40. The summed E-state index contributed by atoms with van der Waals surface area (Å²) in [6.45, 7) is 4.14. The average Bonchev–Trinajstić information content (AvgIpc) is 2.48. The number of hydrogen-bond acceptors (Lipinski definition) is 5. The molecule has 0 amide bonds. The van der Waals surface area contributed by atoms with Crippen LogP contribution in [0.4, 0.5) is 11.4 Å². The topological polar surface area (TPSA) is 77.2 Å². The highest BCUT2D eigenvalue weighted by molar-refractivity contribution is 5.99. The van der Waals surface area contributed by atoms with E-state index >= 15 is 0 Å². The fraction of sp³-hybridized carbons (Fsp3) is 0.375. The van der Waals surface area contributed by atoms with Crippen LogP contribution in [0.25, 0.3) is 10.9 Å². The Kier molecular flexibility index (Phi) is 4.62. The van der Waals surface area contributed by atoms with Crippen LogP contribution in [0.1, 0.15) is 20.3 Å². The molecule has 2 rings (SSSR count). The number of pyridine rings is 1. The maximum Gasteiger partial charge on any atom is 0.328 e. The van der Waals surface area contributed by atoms with Crippen molar-refractivity contribution in [1.82, 2.24) is 4.98 Å². The third kappa shape index (κ3) is 3.42. The fourth-order valence-electron chi connectivity index (χ4n) is 2.34. The summed E-state index contributed by atoms with van der Waals surface area (Å²) < 4.78 is 4.88. The average molecular weight is 287 g/mol. The van der Waals surface area contributed by atoms with Gasteiger partial charge in [0, 0.05) is 17.3 Å². The molecule has 21 heavy (non-hydrogen) atoms. The number of carbonyl (C=O) groups is 1. The van der Waals surface area contributed by atoms with E-state index < -0.39 is 0 Å². The van der Waals surface area contributed by atoms with Gasteiger partial charge >= 0.3 is 5.97 Å². The molecule has 0 radical (unpaired) electrons. The van der Waals surface area contributed by atoms with Crippen LogP contribution >= 0.6 is 0 Å². The van der Waals surface area contributed by atoms with Crippen LogP contribution in [0.5, 0.6) is 0 Å². The van der Waals surface area contributed by atoms with E-state index in [0.29, 0.717) is 18.0 Å². The second-order valence-corrected chi connectivity index (χ2v) is 5.45. The first-order valence-electron chi connectivity index (χ1n) is 7.00. The maximum absolute atomic E-state index is 11.9. The Hall–Kier alpha value is -2.30. The predicted octanol–water partition coefficient (Wildman–Crippen LogP) is 2.82. The van der Waals surface area contributed by atoms with E-state index in [4.69, 9.17) is 10.5 Å². The number of aromatic nitrogens is 1. The van der Waals surface area contributed by atoms with Crippen LogP contribution in [0.15, 0.2) is 30.5 Å². The monoisotopic (exact) mass is 287 g/mol. The van der Waals surface area contributed by atoms with Crippen LogP contribution in [0.2, 0.25) is 0 Å². The molecule has 0 aliphatic rings. The number of rotatable bonds is 5. The summed E-state index contributed by atoms with van der Waals surface area (Å²) in [6, 6.07) is 7.06. The van der Waals surface area contributed by atoms with Gasteiger partial charge in [0.05, 0.1) is 18.3 Å². The number of nitrogens with two attached hydrogens (primary N) is 1. The molecule has 5 nitrogen and oxygen atoms in total. The minimum absolute atomic E-state index is 0.266. The molecule has 2 aromatic rings. The molecule has 0 fully saturated rings. The lowest BCUT2D eigenvalue weighted by Crippen LogP contribution is -2.32. The van der Waals surface area contributed by atoms with Crippen molar-refractivity contribution in [1.29, 1.82) is 0 Å². The van der Waals surface area contributed by atoms with Gasteiger partial charge in [0.2, 0.25) is 0 Å². The molecule has 3 N–H and O–H groups in total. The number of methoxy groups -OCH3 is 1. The van der Waals surface area contributed by atoms with E-state index in [9.17, 15) is 4.79 Å². The molecule has 1 heterocycles. The van der Waals surface area contributed by atoms with Gasteiger partial charge in [-0.05, 0) is 36.6 Å². The number of hydrogen-bond donors (Lipinski definition) is 2. The van der Waals surface area contributed by atoms with Crippen molar-refractivity contribution in [3.63, 3.8) is 0 Å². The maximum atomic E-state index is 11.9. The number of anilines is 2. The molecule has 5 heteroatoms. The Labute approximate surface area is 124 Å². The summed E-state index contributed by atoms with van der Waals surface area (Å²) >= 11 is 0. The minimum atomic E-state index is -0.387. The van der Waals surface area contributed by atoms with Crippen LogP contribution in [0, 0.1) is 5.92 Å². The van der Waals surface area contributed by atoms with Crippen molar-refractivity contribution in [3.8, 4) is 0 Å². The molecule has 0 spiro atoms. The highest BCUT2D eigenvalue weighted by Gasteiger charge is 2.21. The van der Waals surface area contributed by atoms with Gasteiger partial charge in [0.25, 0.3) is 0 Å². The number of nitrogens with one attached hydrogen (secondary N) is 1. The molecule has 0 aliphatic carbocycles. The summed E-state index contributed by atoms with van der Waals surface area (Å²) in [5, 5.41) is 4.16. The lowest BCUT2D eigenvalue weighted by atomic mass is 10.0. The van der Waals surface area contributed by atoms with Gasteiger partial charge in [-0.1, -0.05) is 13.8 Å². The highest BCUT2D eigenvalue weighted by Crippen LogP contribution is 2.27. The van der Waals surface area contributed by atoms with E-state index in [2.05, 4.69) is 24.1 Å². The quantitative estimate of drug-likeness (QED) is 0.653. The molecule has 1 atom stereocenters. The number of carbonyl (C=O) groups excluding carboxylic acids is 1. The summed E-state index contributed by atoms with van der Waals surface area (Å²) in [6.07, 6.45) is 2.40. The molecular formula is C16H21N3O2. The molecule has 1 aromatic carbocycles. The van der Waals surface area contributed by atoms with E-state index in [-0.39, 0.29) is 12.0 Å². The van der Waals surface area contributed by atoms with Crippen LogP contribution < -0.4 is 11.1 Å². The van der Waals surface area contributed by atoms with Gasteiger partial charge in [-0.2, -0.15) is 0 Å². The zero-order valence-corrected chi connectivity index (χ0v) is 12.6. The normalized spacial score (nSPS) is 12.4.